The number of hydrogen-bond donors (Lipinski definition) is 1. The molecule has 18 heavy (non-hydrogen) atoms. The van der Waals surface area contributed by atoms with Crippen LogP contribution in [0.2, 0.25) is 0 Å². The molecule has 0 aliphatic carbocycles. The summed E-state index contributed by atoms with van der Waals surface area (Å²) in [4.78, 5) is 22.6. The number of rotatable bonds is 5. The summed E-state index contributed by atoms with van der Waals surface area (Å²) in [6.07, 6.45) is 2.90. The van der Waals surface area contributed by atoms with E-state index in [2.05, 4.69) is 5.32 Å². The van der Waals surface area contributed by atoms with E-state index in [1.165, 1.54) is 6.08 Å². The molecule has 0 spiro atoms. The first-order valence-electron chi connectivity index (χ1n) is 5.78. The average molecular weight is 247 g/mol. The summed E-state index contributed by atoms with van der Waals surface area (Å²) in [5, 5.41) is 2.46. The molecule has 0 heterocycles. The Morgan fingerprint density at radius 2 is 1.94 bits per heavy atom. The van der Waals surface area contributed by atoms with Gasteiger partial charge in [0.15, 0.2) is 0 Å². The van der Waals surface area contributed by atoms with Crippen molar-refractivity contribution in [3.8, 4) is 0 Å². The highest BCUT2D eigenvalue weighted by Gasteiger charge is 2.05. The van der Waals surface area contributed by atoms with Crippen molar-refractivity contribution in [2.24, 2.45) is 0 Å². The highest BCUT2D eigenvalue weighted by molar-refractivity contribution is 5.93. The number of nitrogens with one attached hydrogen (secondary N) is 1. The van der Waals surface area contributed by atoms with Gasteiger partial charge in [-0.15, -0.1) is 0 Å². The normalized spacial score (nSPS) is 10.6. The zero-order valence-corrected chi connectivity index (χ0v) is 10.6. The number of esters is 1. The third kappa shape index (κ3) is 5.84. The highest BCUT2D eigenvalue weighted by Crippen LogP contribution is 2.00. The van der Waals surface area contributed by atoms with Gasteiger partial charge in [0.1, 0.15) is 6.54 Å². The van der Waals surface area contributed by atoms with Gasteiger partial charge in [0.2, 0.25) is 5.91 Å². The van der Waals surface area contributed by atoms with Crippen LogP contribution in [0, 0.1) is 0 Å². The van der Waals surface area contributed by atoms with Crippen molar-refractivity contribution in [2.75, 3.05) is 6.54 Å². The Balaban J connectivity index is 2.34. The number of ether oxygens (including phenoxy) is 1. The summed E-state index contributed by atoms with van der Waals surface area (Å²) < 4.78 is 4.89. The largest absolute Gasteiger partial charge is 0.462 e. The van der Waals surface area contributed by atoms with Crippen LogP contribution in [0.5, 0.6) is 0 Å². The van der Waals surface area contributed by atoms with Crippen LogP contribution in [0.1, 0.15) is 19.4 Å². The SMILES string of the molecule is CC(C)OC(=O)CNC(=O)/C=C/c1ccccc1. The standard InChI is InChI=1S/C14H17NO3/c1-11(2)18-14(17)10-15-13(16)9-8-12-6-4-3-5-7-12/h3-9,11H,10H2,1-2H3,(H,15,16)/b9-8+. The third-order valence-corrected chi connectivity index (χ3v) is 2.00. The molecule has 0 aromatic heterocycles. The molecule has 4 heteroatoms. The van der Waals surface area contributed by atoms with Crippen molar-refractivity contribution in [3.63, 3.8) is 0 Å². The van der Waals surface area contributed by atoms with Gasteiger partial charge in [0.25, 0.3) is 0 Å². The van der Waals surface area contributed by atoms with E-state index in [0.717, 1.165) is 5.56 Å². The Morgan fingerprint density at radius 1 is 1.28 bits per heavy atom. The molecule has 0 saturated carbocycles. The number of carbonyl (C=O) groups excluding carboxylic acids is 2. The van der Waals surface area contributed by atoms with E-state index in [-0.39, 0.29) is 18.6 Å². The molecule has 1 aromatic rings. The molecule has 1 amide bonds. The average Bonchev–Trinajstić information content (AvgIpc) is 2.34. The summed E-state index contributed by atoms with van der Waals surface area (Å²) in [7, 11) is 0. The first kappa shape index (κ1) is 14.0. The number of benzene rings is 1. The second kappa shape index (κ2) is 7.27. The number of carbonyl (C=O) groups is 2. The molecular weight excluding hydrogens is 230 g/mol. The Bertz CT molecular complexity index is 424. The first-order valence-corrected chi connectivity index (χ1v) is 5.78. The zero-order chi connectivity index (χ0) is 13.4. The topological polar surface area (TPSA) is 55.4 Å². The van der Waals surface area contributed by atoms with Crippen LogP contribution in [0.25, 0.3) is 6.08 Å². The second-order valence-electron chi connectivity index (χ2n) is 4.00. The molecule has 0 fully saturated rings. The van der Waals surface area contributed by atoms with Gasteiger partial charge in [-0.3, -0.25) is 9.59 Å². The van der Waals surface area contributed by atoms with E-state index in [1.807, 2.05) is 30.3 Å². The van der Waals surface area contributed by atoms with E-state index >= 15 is 0 Å². The minimum atomic E-state index is -0.438. The zero-order valence-electron chi connectivity index (χ0n) is 10.6. The molecule has 0 aliphatic rings. The van der Waals surface area contributed by atoms with Gasteiger partial charge in [0, 0.05) is 6.08 Å². The maximum Gasteiger partial charge on any atom is 0.325 e. The van der Waals surface area contributed by atoms with E-state index < -0.39 is 5.97 Å². The van der Waals surface area contributed by atoms with E-state index in [9.17, 15) is 9.59 Å². The summed E-state index contributed by atoms with van der Waals surface area (Å²) in [6, 6.07) is 9.45. The Labute approximate surface area is 107 Å². The highest BCUT2D eigenvalue weighted by atomic mass is 16.5. The molecule has 0 radical (unpaired) electrons. The molecule has 0 aliphatic heterocycles. The number of amides is 1. The van der Waals surface area contributed by atoms with Crippen molar-refractivity contribution < 1.29 is 14.3 Å². The summed E-state index contributed by atoms with van der Waals surface area (Å²) >= 11 is 0. The quantitative estimate of drug-likeness (QED) is 0.637. The summed E-state index contributed by atoms with van der Waals surface area (Å²) in [5.41, 5.74) is 0.928. The van der Waals surface area contributed by atoms with Gasteiger partial charge in [-0.05, 0) is 25.5 Å². The molecule has 0 unspecified atom stereocenters. The van der Waals surface area contributed by atoms with Crippen molar-refractivity contribution in [1.82, 2.24) is 5.32 Å². The lowest BCUT2D eigenvalue weighted by Crippen LogP contribution is -2.30. The summed E-state index contributed by atoms with van der Waals surface area (Å²) in [5.74, 6) is -0.758. The lowest BCUT2D eigenvalue weighted by Gasteiger charge is -2.07. The minimum absolute atomic E-state index is 0.115. The maximum atomic E-state index is 11.4. The van der Waals surface area contributed by atoms with Crippen molar-refractivity contribution in [2.45, 2.75) is 20.0 Å². The van der Waals surface area contributed by atoms with Gasteiger partial charge in [-0.1, -0.05) is 30.3 Å². The van der Waals surface area contributed by atoms with Gasteiger partial charge >= 0.3 is 5.97 Å². The van der Waals surface area contributed by atoms with Crippen molar-refractivity contribution in [3.05, 3.63) is 42.0 Å². The molecule has 0 atom stereocenters. The number of hydrogen-bond acceptors (Lipinski definition) is 3. The predicted molar refractivity (Wildman–Crippen MR) is 69.7 cm³/mol. The maximum absolute atomic E-state index is 11.4. The van der Waals surface area contributed by atoms with Gasteiger partial charge in [-0.2, -0.15) is 0 Å². The molecule has 4 nitrogen and oxygen atoms in total. The fourth-order valence-electron chi connectivity index (χ4n) is 1.26. The monoisotopic (exact) mass is 247 g/mol. The Kier molecular flexibility index (Phi) is 5.64. The summed E-state index contributed by atoms with van der Waals surface area (Å²) in [6.45, 7) is 3.40. The fraction of sp³-hybridized carbons (Fsp3) is 0.286. The van der Waals surface area contributed by atoms with Crippen LogP contribution in [0.3, 0.4) is 0 Å². The molecule has 1 rings (SSSR count). The van der Waals surface area contributed by atoms with Crippen LogP contribution in [0.4, 0.5) is 0 Å². The molecule has 1 aromatic carbocycles. The molecule has 96 valence electrons. The van der Waals surface area contributed by atoms with Crippen LogP contribution in [-0.4, -0.2) is 24.5 Å². The van der Waals surface area contributed by atoms with E-state index in [0.29, 0.717) is 0 Å². The second-order valence-corrected chi connectivity index (χ2v) is 4.00. The van der Waals surface area contributed by atoms with Gasteiger partial charge in [-0.25, -0.2) is 0 Å². The molecule has 1 N–H and O–H groups in total. The predicted octanol–water partition coefficient (Wildman–Crippen LogP) is 1.77. The van der Waals surface area contributed by atoms with E-state index in [1.54, 1.807) is 19.9 Å². The fourth-order valence-corrected chi connectivity index (χ4v) is 1.26. The van der Waals surface area contributed by atoms with Crippen LogP contribution >= 0.6 is 0 Å². The Morgan fingerprint density at radius 3 is 2.56 bits per heavy atom. The molecule has 0 bridgehead atoms. The third-order valence-electron chi connectivity index (χ3n) is 2.00. The van der Waals surface area contributed by atoms with Crippen molar-refractivity contribution in [1.29, 1.82) is 0 Å². The van der Waals surface area contributed by atoms with Gasteiger partial charge in [0.05, 0.1) is 6.10 Å². The molecule has 0 saturated heterocycles. The van der Waals surface area contributed by atoms with Crippen LogP contribution in [-0.2, 0) is 14.3 Å². The Hall–Kier alpha value is -2.10. The lowest BCUT2D eigenvalue weighted by atomic mass is 10.2. The van der Waals surface area contributed by atoms with Crippen LogP contribution in [0.15, 0.2) is 36.4 Å². The van der Waals surface area contributed by atoms with E-state index in [4.69, 9.17) is 4.74 Å². The lowest BCUT2D eigenvalue weighted by molar-refractivity contribution is -0.147. The van der Waals surface area contributed by atoms with Gasteiger partial charge < -0.3 is 10.1 Å². The smallest absolute Gasteiger partial charge is 0.325 e. The van der Waals surface area contributed by atoms with Crippen molar-refractivity contribution >= 4 is 18.0 Å². The molecular formula is C14H17NO3. The van der Waals surface area contributed by atoms with Crippen LogP contribution < -0.4 is 5.32 Å². The minimum Gasteiger partial charge on any atom is -0.462 e. The first-order chi connectivity index (χ1) is 8.58.